The normalized spacial score (nSPS) is 19.2. The van der Waals surface area contributed by atoms with Crippen molar-refractivity contribution in [3.63, 3.8) is 0 Å². The van der Waals surface area contributed by atoms with E-state index in [1.807, 2.05) is 0 Å². The number of carbonyl (C=O) groups excluding carboxylic acids is 1. The molecule has 1 atom stereocenters. The van der Waals surface area contributed by atoms with Gasteiger partial charge in [-0.05, 0) is 31.4 Å². The van der Waals surface area contributed by atoms with E-state index in [0.717, 1.165) is 12.8 Å². The molecule has 2 heterocycles. The van der Waals surface area contributed by atoms with E-state index in [1.54, 1.807) is 11.0 Å². The quantitative estimate of drug-likeness (QED) is 0.871. The van der Waals surface area contributed by atoms with E-state index in [-0.39, 0.29) is 10.7 Å². The van der Waals surface area contributed by atoms with Crippen molar-refractivity contribution in [2.24, 2.45) is 5.73 Å². The Labute approximate surface area is 115 Å². The number of amides is 1. The lowest BCUT2D eigenvalue weighted by Crippen LogP contribution is -2.48. The van der Waals surface area contributed by atoms with Crippen LogP contribution in [0.3, 0.4) is 0 Å². The van der Waals surface area contributed by atoms with E-state index >= 15 is 0 Å². The number of hydrogen-bond acceptors (Lipinski definition) is 4. The van der Waals surface area contributed by atoms with Crippen LogP contribution in [0.4, 0.5) is 5.82 Å². The zero-order valence-corrected chi connectivity index (χ0v) is 10.9. The van der Waals surface area contributed by atoms with Gasteiger partial charge in [0.05, 0.1) is 5.02 Å². The van der Waals surface area contributed by atoms with Gasteiger partial charge >= 0.3 is 5.97 Å². The molecule has 0 aliphatic carbocycles. The van der Waals surface area contributed by atoms with Crippen molar-refractivity contribution in [3.05, 3.63) is 22.8 Å². The third kappa shape index (κ3) is 2.78. The second-order valence-corrected chi connectivity index (χ2v) is 4.82. The first kappa shape index (κ1) is 13.6. The average Bonchev–Trinajstić information content (AvgIpc) is 2.39. The molecule has 1 aliphatic rings. The molecular weight excluding hydrogens is 270 g/mol. The number of carboxylic acid groups (broad SMARTS) is 1. The van der Waals surface area contributed by atoms with Crippen molar-refractivity contribution < 1.29 is 14.7 Å². The van der Waals surface area contributed by atoms with Gasteiger partial charge in [0.25, 0.3) is 0 Å². The van der Waals surface area contributed by atoms with E-state index in [9.17, 15) is 9.59 Å². The molecule has 0 saturated carbocycles. The molecule has 0 radical (unpaired) electrons. The third-order valence-corrected chi connectivity index (χ3v) is 3.46. The number of carbonyl (C=O) groups is 2. The number of halogens is 1. The Morgan fingerprint density at radius 3 is 2.79 bits per heavy atom. The summed E-state index contributed by atoms with van der Waals surface area (Å²) in [6, 6.07) is 2.64. The van der Waals surface area contributed by atoms with Crippen molar-refractivity contribution in [1.29, 1.82) is 0 Å². The highest BCUT2D eigenvalue weighted by Gasteiger charge is 2.28. The lowest BCUT2D eigenvalue weighted by atomic mass is 10.0. The van der Waals surface area contributed by atoms with Crippen LogP contribution in [0, 0.1) is 0 Å². The molecule has 3 N–H and O–H groups in total. The number of nitrogens with two attached hydrogens (primary N) is 1. The highest BCUT2D eigenvalue weighted by molar-refractivity contribution is 6.33. The number of rotatable bonds is 3. The van der Waals surface area contributed by atoms with E-state index in [2.05, 4.69) is 4.98 Å². The maximum atomic E-state index is 11.4. The van der Waals surface area contributed by atoms with Gasteiger partial charge in [-0.2, -0.15) is 0 Å². The van der Waals surface area contributed by atoms with Gasteiger partial charge in [0, 0.05) is 6.54 Å². The Kier molecular flexibility index (Phi) is 3.90. The smallest absolute Gasteiger partial charge is 0.356 e. The molecular formula is C12H14ClN3O3. The topological polar surface area (TPSA) is 96.5 Å². The number of carboxylic acids is 1. The Hall–Kier alpha value is -1.82. The molecule has 19 heavy (non-hydrogen) atoms. The summed E-state index contributed by atoms with van der Waals surface area (Å²) in [6.07, 6.45) is 2.49. The van der Waals surface area contributed by atoms with Crippen LogP contribution in [0.5, 0.6) is 0 Å². The van der Waals surface area contributed by atoms with Crippen molar-refractivity contribution in [1.82, 2.24) is 4.98 Å². The molecule has 1 saturated heterocycles. The fraction of sp³-hybridized carbons (Fsp3) is 0.417. The van der Waals surface area contributed by atoms with Crippen LogP contribution in [0.25, 0.3) is 0 Å². The minimum absolute atomic E-state index is 0.0730. The molecule has 1 aliphatic heterocycles. The fourth-order valence-electron chi connectivity index (χ4n) is 2.24. The minimum Gasteiger partial charge on any atom is -0.476 e. The first-order valence-corrected chi connectivity index (χ1v) is 6.34. The molecule has 1 aromatic rings. The Bertz CT molecular complexity index is 521. The molecule has 2 rings (SSSR count). The summed E-state index contributed by atoms with van der Waals surface area (Å²) in [4.78, 5) is 28.2. The molecule has 1 unspecified atom stereocenters. The lowest BCUT2D eigenvalue weighted by molar-refractivity contribution is -0.119. The SMILES string of the molecule is NC(=O)C1CCCCN1c1ccc(Cl)c(C(=O)O)n1. The van der Waals surface area contributed by atoms with Crippen molar-refractivity contribution in [3.8, 4) is 0 Å². The zero-order chi connectivity index (χ0) is 14.0. The number of anilines is 1. The summed E-state index contributed by atoms with van der Waals surface area (Å²) in [5, 5.41) is 9.08. The number of pyridine rings is 1. The molecule has 1 fully saturated rings. The maximum absolute atomic E-state index is 11.4. The van der Waals surface area contributed by atoms with Gasteiger partial charge in [0.2, 0.25) is 5.91 Å². The summed E-state index contributed by atoms with van der Waals surface area (Å²) in [5.41, 5.74) is 5.16. The number of nitrogens with zero attached hydrogens (tertiary/aromatic N) is 2. The van der Waals surface area contributed by atoms with Gasteiger partial charge in [0.1, 0.15) is 11.9 Å². The van der Waals surface area contributed by atoms with Crippen LogP contribution in [0.1, 0.15) is 29.8 Å². The molecule has 0 bridgehead atoms. The van der Waals surface area contributed by atoms with E-state index in [4.69, 9.17) is 22.4 Å². The number of primary amides is 1. The standard InChI is InChI=1S/C12H14ClN3O3/c13-7-4-5-9(15-10(7)12(18)19)16-6-2-1-3-8(16)11(14)17/h4-5,8H,1-3,6H2,(H2,14,17)(H,18,19). The van der Waals surface area contributed by atoms with Gasteiger partial charge in [0.15, 0.2) is 5.69 Å². The number of aromatic nitrogens is 1. The van der Waals surface area contributed by atoms with Crippen molar-refractivity contribution in [2.45, 2.75) is 25.3 Å². The molecule has 7 heteroatoms. The summed E-state index contributed by atoms with van der Waals surface area (Å²) in [5.74, 6) is -1.20. The highest BCUT2D eigenvalue weighted by atomic mass is 35.5. The zero-order valence-electron chi connectivity index (χ0n) is 10.2. The predicted molar refractivity (Wildman–Crippen MR) is 70.4 cm³/mol. The molecule has 1 amide bonds. The Morgan fingerprint density at radius 1 is 1.42 bits per heavy atom. The minimum atomic E-state index is -1.19. The third-order valence-electron chi connectivity index (χ3n) is 3.16. The monoisotopic (exact) mass is 283 g/mol. The molecule has 102 valence electrons. The van der Waals surface area contributed by atoms with Crippen LogP contribution in [-0.4, -0.2) is 34.6 Å². The van der Waals surface area contributed by atoms with E-state index in [1.165, 1.54) is 6.07 Å². The Balaban J connectivity index is 2.36. The number of aromatic carboxylic acids is 1. The average molecular weight is 284 g/mol. The summed E-state index contributed by atoms with van der Waals surface area (Å²) >= 11 is 5.78. The molecule has 0 spiro atoms. The molecule has 1 aromatic heterocycles. The van der Waals surface area contributed by atoms with Gasteiger partial charge in [-0.25, -0.2) is 9.78 Å². The number of piperidine rings is 1. The Morgan fingerprint density at radius 2 is 2.16 bits per heavy atom. The van der Waals surface area contributed by atoms with Crippen molar-refractivity contribution in [2.75, 3.05) is 11.4 Å². The second-order valence-electron chi connectivity index (χ2n) is 4.41. The van der Waals surface area contributed by atoms with Crippen molar-refractivity contribution >= 4 is 29.3 Å². The predicted octanol–water partition coefficient (Wildman–Crippen LogP) is 1.28. The number of hydrogen-bond donors (Lipinski definition) is 2. The highest BCUT2D eigenvalue weighted by Crippen LogP contribution is 2.25. The van der Waals surface area contributed by atoms with Crippen LogP contribution in [-0.2, 0) is 4.79 Å². The van der Waals surface area contributed by atoms with Crippen LogP contribution < -0.4 is 10.6 Å². The van der Waals surface area contributed by atoms with Crippen LogP contribution in [0.15, 0.2) is 12.1 Å². The lowest BCUT2D eigenvalue weighted by Gasteiger charge is -2.34. The summed E-state index contributed by atoms with van der Waals surface area (Å²) < 4.78 is 0. The van der Waals surface area contributed by atoms with Crippen LogP contribution >= 0.6 is 11.6 Å². The van der Waals surface area contributed by atoms with Gasteiger partial charge in [-0.3, -0.25) is 4.79 Å². The van der Waals surface area contributed by atoms with Gasteiger partial charge in [-0.15, -0.1) is 0 Å². The first-order valence-electron chi connectivity index (χ1n) is 5.96. The van der Waals surface area contributed by atoms with E-state index in [0.29, 0.717) is 18.8 Å². The van der Waals surface area contributed by atoms with Gasteiger partial charge < -0.3 is 15.7 Å². The summed E-state index contributed by atoms with van der Waals surface area (Å²) in [6.45, 7) is 0.626. The first-order chi connectivity index (χ1) is 9.00. The molecule has 6 nitrogen and oxygen atoms in total. The summed E-state index contributed by atoms with van der Waals surface area (Å²) in [7, 11) is 0. The largest absolute Gasteiger partial charge is 0.476 e. The van der Waals surface area contributed by atoms with E-state index < -0.39 is 17.9 Å². The fourth-order valence-corrected chi connectivity index (χ4v) is 2.43. The second kappa shape index (κ2) is 5.44. The molecule has 0 aromatic carbocycles. The maximum Gasteiger partial charge on any atom is 0.356 e. The van der Waals surface area contributed by atoms with Crippen LogP contribution in [0.2, 0.25) is 5.02 Å². The van der Waals surface area contributed by atoms with Gasteiger partial charge in [-0.1, -0.05) is 11.6 Å².